The molecule has 0 bridgehead atoms. The molecule has 0 aliphatic rings. The molecule has 120 valence electrons. The van der Waals surface area contributed by atoms with E-state index in [1.165, 1.54) is 4.57 Å². The van der Waals surface area contributed by atoms with Crippen LogP contribution in [0.2, 0.25) is 0 Å². The molecule has 0 atom stereocenters. The van der Waals surface area contributed by atoms with E-state index in [1.807, 2.05) is 23.5 Å². The average Bonchev–Trinajstić information content (AvgIpc) is 2.42. The van der Waals surface area contributed by atoms with E-state index in [0.717, 1.165) is 10.9 Å². The summed E-state index contributed by atoms with van der Waals surface area (Å²) in [4.78, 5) is 25.0. The van der Waals surface area contributed by atoms with Crippen LogP contribution < -0.4 is 21.3 Å². The van der Waals surface area contributed by atoms with Crippen molar-refractivity contribution in [2.24, 2.45) is 7.05 Å². The first-order chi connectivity index (χ1) is 10.9. The van der Waals surface area contributed by atoms with Crippen molar-refractivity contribution in [1.29, 1.82) is 0 Å². The van der Waals surface area contributed by atoms with Gasteiger partial charge in [0.05, 0.1) is 5.52 Å². The fourth-order valence-corrected chi connectivity index (χ4v) is 2.36. The number of benzene rings is 1. The molecule has 2 aromatic rings. The summed E-state index contributed by atoms with van der Waals surface area (Å²) >= 11 is 0. The molecule has 2 rings (SSSR count). The van der Waals surface area contributed by atoms with Crippen LogP contribution in [0.3, 0.4) is 0 Å². The largest absolute Gasteiger partial charge is 0.491 e. The van der Waals surface area contributed by atoms with Gasteiger partial charge in [-0.1, -0.05) is 0 Å². The smallest absolute Gasteiger partial charge is 0.293 e. The number of nitrogens with zero attached hydrogens (tertiary/aromatic N) is 1. The zero-order chi connectivity index (χ0) is 18.3. The molecule has 1 heterocycles. The SMILES string of the molecule is BC(B)(B)NC(=O)C(B)(B)Oc1cc2cc(N)ccc2n(C)c1=O. The van der Waals surface area contributed by atoms with Crippen molar-refractivity contribution in [3.63, 3.8) is 0 Å². The Hall–Kier alpha value is -2.18. The number of carbonyl (C=O) groups is 1. The first kappa shape index (κ1) is 18.2. The minimum atomic E-state index is -1.19. The number of ether oxygens (including phenoxy) is 1. The number of hydrogen-bond acceptors (Lipinski definition) is 4. The lowest BCUT2D eigenvalue weighted by Gasteiger charge is -2.31. The molecule has 0 radical (unpaired) electrons. The number of hydrogen-bond donors (Lipinski definition) is 2. The van der Waals surface area contributed by atoms with Crippen molar-refractivity contribution < 1.29 is 9.53 Å². The maximum Gasteiger partial charge on any atom is 0.293 e. The van der Waals surface area contributed by atoms with Crippen LogP contribution >= 0.6 is 0 Å². The summed E-state index contributed by atoms with van der Waals surface area (Å²) in [5, 5.41) is 2.07. The molecule has 0 saturated heterocycles. The number of nitrogens with two attached hydrogens (primary N) is 1. The van der Waals surface area contributed by atoms with Crippen LogP contribution in [0, 0.1) is 0 Å². The normalized spacial score (nSPS) is 12.0. The molecule has 0 spiro atoms. The van der Waals surface area contributed by atoms with Crippen molar-refractivity contribution in [1.82, 2.24) is 9.88 Å². The van der Waals surface area contributed by atoms with Gasteiger partial charge in [-0.05, 0) is 29.5 Å². The molecule has 0 aliphatic heterocycles. The fraction of sp³-hybridized carbons (Fsp3) is 0.231. The molecule has 1 amide bonds. The minimum Gasteiger partial charge on any atom is -0.491 e. The van der Waals surface area contributed by atoms with Gasteiger partial charge in [-0.2, -0.15) is 0 Å². The Balaban J connectivity index is 2.44. The number of fused-ring (bicyclic) bond motifs is 1. The fourth-order valence-electron chi connectivity index (χ4n) is 2.36. The zero-order valence-electron chi connectivity index (χ0n) is 15.1. The van der Waals surface area contributed by atoms with Crippen molar-refractivity contribution in [2.75, 3.05) is 5.73 Å². The second-order valence-electron chi connectivity index (χ2n) is 7.51. The van der Waals surface area contributed by atoms with Gasteiger partial charge in [0.25, 0.3) is 5.56 Å². The van der Waals surface area contributed by atoms with Crippen LogP contribution in [0.15, 0.2) is 29.1 Å². The predicted molar refractivity (Wildman–Crippen MR) is 111 cm³/mol. The summed E-state index contributed by atoms with van der Waals surface area (Å²) < 4.78 is 7.27. The van der Waals surface area contributed by atoms with E-state index >= 15 is 0 Å². The number of nitrogen functional groups attached to an aromatic ring is 1. The molecule has 6 nitrogen and oxygen atoms in total. The van der Waals surface area contributed by atoms with Gasteiger partial charge < -0.3 is 20.4 Å². The average molecular weight is 320 g/mol. The summed E-state index contributed by atoms with van der Waals surface area (Å²) in [6.45, 7) is 0. The molecule has 1 aromatic carbocycles. The second kappa shape index (κ2) is 6.04. The quantitative estimate of drug-likeness (QED) is 0.437. The van der Waals surface area contributed by atoms with E-state index in [0.29, 0.717) is 5.69 Å². The second-order valence-corrected chi connectivity index (χ2v) is 7.51. The van der Waals surface area contributed by atoms with Crippen LogP contribution in [0.25, 0.3) is 10.9 Å². The highest BCUT2D eigenvalue weighted by Gasteiger charge is 2.33. The van der Waals surface area contributed by atoms with Gasteiger partial charge in [0.15, 0.2) is 21.4 Å². The summed E-state index contributed by atoms with van der Waals surface area (Å²) in [6.07, 6.45) is 0. The van der Waals surface area contributed by atoms with Gasteiger partial charge in [0.1, 0.15) is 28.9 Å². The number of carbonyl (C=O) groups excluding carboxylic acids is 1. The van der Waals surface area contributed by atoms with Gasteiger partial charge in [-0.15, -0.1) is 0 Å². The highest BCUT2D eigenvalue weighted by molar-refractivity contribution is 6.61. The molecule has 1 aromatic heterocycles. The topological polar surface area (TPSA) is 86.3 Å². The van der Waals surface area contributed by atoms with Crippen LogP contribution in [-0.4, -0.2) is 60.3 Å². The Morgan fingerprint density at radius 2 is 1.83 bits per heavy atom. The molecule has 24 heavy (non-hydrogen) atoms. The first-order valence-electron chi connectivity index (χ1n) is 7.81. The Kier molecular flexibility index (Phi) is 4.57. The highest BCUT2D eigenvalue weighted by Crippen LogP contribution is 2.21. The maximum absolute atomic E-state index is 12.5. The van der Waals surface area contributed by atoms with Crippen LogP contribution in [0.1, 0.15) is 0 Å². The van der Waals surface area contributed by atoms with E-state index in [2.05, 4.69) is 5.32 Å². The van der Waals surface area contributed by atoms with Crippen LogP contribution in [0.5, 0.6) is 5.75 Å². The summed E-state index contributed by atoms with van der Waals surface area (Å²) in [5.41, 5.74) is 6.86. The van der Waals surface area contributed by atoms with Crippen molar-refractivity contribution >= 4 is 61.7 Å². The van der Waals surface area contributed by atoms with Crippen molar-refractivity contribution in [3.05, 3.63) is 34.6 Å². The van der Waals surface area contributed by atoms with Gasteiger partial charge in [-0.25, -0.2) is 0 Å². The molecule has 0 fully saturated rings. The van der Waals surface area contributed by atoms with Gasteiger partial charge in [-0.3, -0.25) is 9.59 Å². The summed E-state index contributed by atoms with van der Waals surface area (Å²) in [6, 6.07) is 6.92. The maximum atomic E-state index is 12.5. The van der Waals surface area contributed by atoms with Gasteiger partial charge >= 0.3 is 0 Å². The number of aryl methyl sites for hydroxylation is 1. The van der Waals surface area contributed by atoms with E-state index < -0.39 is 5.40 Å². The Bertz CT molecular complexity index is 860. The lowest BCUT2D eigenvalue weighted by Crippen LogP contribution is -2.61. The Labute approximate surface area is 145 Å². The molecule has 3 N–H and O–H groups in total. The van der Waals surface area contributed by atoms with E-state index in [1.54, 1.807) is 47.0 Å². The number of anilines is 1. The molecule has 0 unspecified atom stereocenters. The zero-order valence-corrected chi connectivity index (χ0v) is 15.1. The van der Waals surface area contributed by atoms with Crippen molar-refractivity contribution in [3.8, 4) is 5.75 Å². The minimum absolute atomic E-state index is 0.115. The van der Waals surface area contributed by atoms with Gasteiger partial charge in [0, 0.05) is 18.1 Å². The Morgan fingerprint density at radius 3 is 2.42 bits per heavy atom. The number of aromatic nitrogens is 1. The van der Waals surface area contributed by atoms with E-state index in [4.69, 9.17) is 10.5 Å². The standard InChI is InChI=1S/C13H20B5N3O3/c1-21-8-3-2-7(19)4-6(8)5-9(10(21)22)24-12(14,15)11(23)20-13(16,17)18/h2-5H,14-19H2,1H3,(H,20,23). The number of nitrogens with one attached hydrogen (secondary N) is 1. The monoisotopic (exact) mass is 321 g/mol. The number of amides is 1. The van der Waals surface area contributed by atoms with Crippen LogP contribution in [0.4, 0.5) is 5.69 Å². The lowest BCUT2D eigenvalue weighted by molar-refractivity contribution is -0.126. The number of pyridine rings is 1. The van der Waals surface area contributed by atoms with Crippen molar-refractivity contribution in [2.45, 2.75) is 10.6 Å². The third-order valence-corrected chi connectivity index (χ3v) is 3.62. The van der Waals surface area contributed by atoms with E-state index in [9.17, 15) is 9.59 Å². The molecule has 0 saturated carbocycles. The van der Waals surface area contributed by atoms with Crippen LogP contribution in [-0.2, 0) is 11.8 Å². The Morgan fingerprint density at radius 1 is 1.21 bits per heavy atom. The summed E-state index contributed by atoms with van der Waals surface area (Å²) in [7, 11) is 10.6. The molecular weight excluding hydrogens is 300 g/mol. The summed E-state index contributed by atoms with van der Waals surface area (Å²) in [5.74, 6) is -0.172. The first-order valence-corrected chi connectivity index (χ1v) is 7.81. The molecule has 0 aliphatic carbocycles. The van der Waals surface area contributed by atoms with E-state index in [-0.39, 0.29) is 22.5 Å². The lowest BCUT2D eigenvalue weighted by atomic mass is 9.49. The van der Waals surface area contributed by atoms with Gasteiger partial charge in [0.2, 0.25) is 5.91 Å². The third-order valence-electron chi connectivity index (χ3n) is 3.62. The third kappa shape index (κ3) is 3.83. The highest BCUT2D eigenvalue weighted by atomic mass is 16.5. The molecular formula is C13H20B5N3O3. The predicted octanol–water partition coefficient (Wildman–Crippen LogP) is -4.95. The molecule has 11 heteroatoms. The number of rotatable bonds is 4.